The van der Waals surface area contributed by atoms with Gasteiger partial charge in [-0.15, -0.1) is 10.2 Å². The van der Waals surface area contributed by atoms with Gasteiger partial charge in [-0.1, -0.05) is 43.2 Å². The summed E-state index contributed by atoms with van der Waals surface area (Å²) in [7, 11) is 4.08. The molecule has 1 heterocycles. The molecule has 1 aliphatic rings. The lowest BCUT2D eigenvalue weighted by Crippen LogP contribution is -2.15. The molecule has 174 valence electrons. The van der Waals surface area contributed by atoms with E-state index in [1.165, 1.54) is 19.3 Å². The standard InChI is InChI=1S/C25H30N4O3S/c1-28(2)20-12-10-19(11-13-20)24-26-27-25(29(24)21-6-4-3-5-7-21)33-17-18-8-14-22(15-9-18)32-16-23(30)31/h8-15,21H,3-7,16-17H2,1-2H3,(H,30,31). The number of thioether (sulfide) groups is 1. The second-order valence-electron chi connectivity index (χ2n) is 8.52. The summed E-state index contributed by atoms with van der Waals surface area (Å²) in [4.78, 5) is 12.8. The first-order chi connectivity index (χ1) is 16.0. The molecule has 0 atom stereocenters. The third kappa shape index (κ3) is 5.87. The Balaban J connectivity index is 1.53. The fraction of sp³-hybridized carbons (Fsp3) is 0.400. The number of aliphatic carboxylic acids is 1. The number of anilines is 1. The number of carboxylic acid groups (broad SMARTS) is 1. The zero-order valence-corrected chi connectivity index (χ0v) is 19.9. The van der Waals surface area contributed by atoms with E-state index in [0.29, 0.717) is 11.8 Å². The summed E-state index contributed by atoms with van der Waals surface area (Å²) in [6.07, 6.45) is 6.09. The van der Waals surface area contributed by atoms with Crippen LogP contribution in [0.5, 0.6) is 5.75 Å². The van der Waals surface area contributed by atoms with E-state index < -0.39 is 5.97 Å². The van der Waals surface area contributed by atoms with Crippen LogP contribution in [0.25, 0.3) is 11.4 Å². The average Bonchev–Trinajstić information content (AvgIpc) is 3.26. The van der Waals surface area contributed by atoms with Gasteiger partial charge in [-0.05, 0) is 54.8 Å². The Labute approximate surface area is 198 Å². The van der Waals surface area contributed by atoms with E-state index in [9.17, 15) is 4.79 Å². The Kier molecular flexibility index (Phi) is 7.54. The number of hydrogen-bond donors (Lipinski definition) is 1. The van der Waals surface area contributed by atoms with Gasteiger partial charge in [-0.3, -0.25) is 4.57 Å². The number of carboxylic acids is 1. The number of hydrogen-bond acceptors (Lipinski definition) is 6. The highest BCUT2D eigenvalue weighted by molar-refractivity contribution is 7.98. The number of carbonyl (C=O) groups is 1. The second kappa shape index (κ2) is 10.7. The monoisotopic (exact) mass is 466 g/mol. The maximum atomic E-state index is 10.7. The third-order valence-electron chi connectivity index (χ3n) is 5.90. The predicted molar refractivity (Wildman–Crippen MR) is 131 cm³/mol. The first kappa shape index (κ1) is 23.2. The molecule has 0 radical (unpaired) electrons. The fourth-order valence-electron chi connectivity index (χ4n) is 4.12. The van der Waals surface area contributed by atoms with Crippen LogP contribution < -0.4 is 9.64 Å². The summed E-state index contributed by atoms with van der Waals surface area (Å²) in [6.45, 7) is -0.336. The molecule has 0 saturated heterocycles. The SMILES string of the molecule is CN(C)c1ccc(-c2nnc(SCc3ccc(OCC(=O)O)cc3)n2C2CCCCC2)cc1. The number of nitrogens with zero attached hydrogens (tertiary/aromatic N) is 4. The van der Waals surface area contributed by atoms with E-state index in [2.05, 4.69) is 43.9 Å². The zero-order valence-electron chi connectivity index (χ0n) is 19.1. The molecule has 2 aromatic carbocycles. The lowest BCUT2D eigenvalue weighted by molar-refractivity contribution is -0.139. The van der Waals surface area contributed by atoms with Gasteiger partial charge in [0, 0.05) is 37.1 Å². The maximum Gasteiger partial charge on any atom is 0.341 e. The molecule has 1 saturated carbocycles. The van der Waals surface area contributed by atoms with Gasteiger partial charge in [0.1, 0.15) is 5.75 Å². The Morgan fingerprint density at radius 1 is 1.06 bits per heavy atom. The topological polar surface area (TPSA) is 80.5 Å². The van der Waals surface area contributed by atoms with Gasteiger partial charge < -0.3 is 14.7 Å². The molecule has 0 amide bonds. The van der Waals surface area contributed by atoms with Gasteiger partial charge in [0.15, 0.2) is 17.6 Å². The predicted octanol–water partition coefficient (Wildman–Crippen LogP) is 5.27. The van der Waals surface area contributed by atoms with Crippen molar-refractivity contribution in [2.24, 2.45) is 0 Å². The number of benzene rings is 2. The van der Waals surface area contributed by atoms with Crippen LogP contribution in [0.3, 0.4) is 0 Å². The Hall–Kier alpha value is -3.00. The summed E-state index contributed by atoms with van der Waals surface area (Å²) in [5.41, 5.74) is 3.37. The highest BCUT2D eigenvalue weighted by Crippen LogP contribution is 2.36. The molecule has 33 heavy (non-hydrogen) atoms. The van der Waals surface area contributed by atoms with E-state index in [1.807, 2.05) is 38.4 Å². The summed E-state index contributed by atoms with van der Waals surface area (Å²) in [5.74, 6) is 1.26. The average molecular weight is 467 g/mol. The summed E-state index contributed by atoms with van der Waals surface area (Å²) >= 11 is 1.69. The van der Waals surface area contributed by atoms with Crippen LogP contribution in [0, 0.1) is 0 Å². The van der Waals surface area contributed by atoms with Crippen LogP contribution in [0.2, 0.25) is 0 Å². The van der Waals surface area contributed by atoms with Crippen LogP contribution in [0.15, 0.2) is 53.7 Å². The largest absolute Gasteiger partial charge is 0.482 e. The molecule has 1 aromatic heterocycles. The minimum absolute atomic E-state index is 0.336. The highest BCUT2D eigenvalue weighted by Gasteiger charge is 2.24. The minimum Gasteiger partial charge on any atom is -0.482 e. The summed E-state index contributed by atoms with van der Waals surface area (Å²) in [5, 5.41) is 18.9. The Bertz CT molecular complexity index is 1060. The first-order valence-electron chi connectivity index (χ1n) is 11.3. The van der Waals surface area contributed by atoms with E-state index >= 15 is 0 Å². The molecule has 1 fully saturated rings. The highest BCUT2D eigenvalue weighted by atomic mass is 32.2. The van der Waals surface area contributed by atoms with Crippen LogP contribution >= 0.6 is 11.8 Å². The van der Waals surface area contributed by atoms with E-state index in [4.69, 9.17) is 9.84 Å². The molecule has 1 aliphatic carbocycles. The third-order valence-corrected chi connectivity index (χ3v) is 6.91. The molecule has 0 unspecified atom stereocenters. The van der Waals surface area contributed by atoms with Crippen molar-refractivity contribution in [2.45, 2.75) is 49.1 Å². The maximum absolute atomic E-state index is 10.7. The molecule has 0 aliphatic heterocycles. The normalized spacial score (nSPS) is 14.2. The summed E-state index contributed by atoms with van der Waals surface area (Å²) < 4.78 is 7.57. The number of aromatic nitrogens is 3. The van der Waals surface area contributed by atoms with Crippen molar-refractivity contribution >= 4 is 23.4 Å². The van der Waals surface area contributed by atoms with Crippen molar-refractivity contribution < 1.29 is 14.6 Å². The molecule has 8 heteroatoms. The van der Waals surface area contributed by atoms with Crippen molar-refractivity contribution in [1.29, 1.82) is 0 Å². The molecular formula is C25H30N4O3S. The van der Waals surface area contributed by atoms with E-state index in [1.54, 1.807) is 11.8 Å². The van der Waals surface area contributed by atoms with Gasteiger partial charge in [-0.25, -0.2) is 4.79 Å². The van der Waals surface area contributed by atoms with Gasteiger partial charge in [-0.2, -0.15) is 0 Å². The minimum atomic E-state index is -0.983. The Morgan fingerprint density at radius 2 is 1.76 bits per heavy atom. The van der Waals surface area contributed by atoms with E-state index in [-0.39, 0.29) is 6.61 Å². The van der Waals surface area contributed by atoms with Crippen molar-refractivity contribution in [2.75, 3.05) is 25.6 Å². The van der Waals surface area contributed by atoms with Gasteiger partial charge in [0.05, 0.1) is 0 Å². The van der Waals surface area contributed by atoms with E-state index in [0.717, 1.165) is 46.4 Å². The lowest BCUT2D eigenvalue weighted by Gasteiger charge is -2.25. The first-order valence-corrected chi connectivity index (χ1v) is 12.3. The zero-order chi connectivity index (χ0) is 23.2. The number of rotatable bonds is 9. The molecular weight excluding hydrogens is 436 g/mol. The fourth-order valence-corrected chi connectivity index (χ4v) is 5.09. The smallest absolute Gasteiger partial charge is 0.341 e. The number of ether oxygens (including phenoxy) is 1. The summed E-state index contributed by atoms with van der Waals surface area (Å²) in [6, 6.07) is 16.5. The van der Waals surface area contributed by atoms with Crippen molar-refractivity contribution in [3.8, 4) is 17.1 Å². The quantitative estimate of drug-likeness (QED) is 0.430. The Morgan fingerprint density at radius 3 is 2.39 bits per heavy atom. The molecule has 4 rings (SSSR count). The van der Waals surface area contributed by atoms with Crippen molar-refractivity contribution in [1.82, 2.24) is 14.8 Å². The molecule has 0 bridgehead atoms. The van der Waals surface area contributed by atoms with Crippen molar-refractivity contribution in [3.63, 3.8) is 0 Å². The van der Waals surface area contributed by atoms with Gasteiger partial charge in [0.2, 0.25) is 0 Å². The molecule has 3 aromatic rings. The molecule has 0 spiro atoms. The van der Waals surface area contributed by atoms with Gasteiger partial charge >= 0.3 is 5.97 Å². The molecule has 1 N–H and O–H groups in total. The molecule has 7 nitrogen and oxygen atoms in total. The van der Waals surface area contributed by atoms with Crippen LogP contribution in [-0.2, 0) is 10.5 Å². The van der Waals surface area contributed by atoms with Crippen LogP contribution in [0.4, 0.5) is 5.69 Å². The second-order valence-corrected chi connectivity index (χ2v) is 9.47. The van der Waals surface area contributed by atoms with Gasteiger partial charge in [0.25, 0.3) is 0 Å². The van der Waals surface area contributed by atoms with Crippen LogP contribution in [0.1, 0.15) is 43.7 Å². The van der Waals surface area contributed by atoms with Crippen molar-refractivity contribution in [3.05, 3.63) is 54.1 Å². The van der Waals surface area contributed by atoms with Crippen LogP contribution in [-0.4, -0.2) is 46.5 Å². The lowest BCUT2D eigenvalue weighted by atomic mass is 9.95.